The average molecular weight is 233 g/mol. The Morgan fingerprint density at radius 2 is 2.18 bits per heavy atom. The topological polar surface area (TPSA) is 104 Å². The van der Waals surface area contributed by atoms with Crippen LogP contribution in [0.4, 0.5) is 0 Å². The lowest BCUT2D eigenvalue weighted by molar-refractivity contribution is 0.0905. The number of amides is 1. The molecule has 2 aromatic rings. The zero-order chi connectivity index (χ0) is 12.1. The molecule has 0 fully saturated rings. The monoisotopic (exact) mass is 233 g/mol. The standard InChI is InChI=1S/C10H11N5O2/c16-6-8(7-4-2-1-3-5-7)11-10(17)9-12-14-15-13-9/h1-5,8,16H,6H2,(H,11,17)(H,12,13,14,15)/t8-/m1/s1. The molecule has 1 amide bonds. The number of aliphatic hydroxyl groups is 1. The molecule has 7 nitrogen and oxygen atoms in total. The first-order valence-corrected chi connectivity index (χ1v) is 5.01. The molecule has 0 aliphatic carbocycles. The van der Waals surface area contributed by atoms with E-state index in [1.54, 1.807) is 0 Å². The molecule has 3 N–H and O–H groups in total. The van der Waals surface area contributed by atoms with Gasteiger partial charge in [-0.2, -0.15) is 5.21 Å². The molecular weight excluding hydrogens is 222 g/mol. The van der Waals surface area contributed by atoms with Gasteiger partial charge in [-0.05, 0) is 10.8 Å². The summed E-state index contributed by atoms with van der Waals surface area (Å²) in [6.07, 6.45) is 0. The minimum Gasteiger partial charge on any atom is -0.394 e. The van der Waals surface area contributed by atoms with Gasteiger partial charge >= 0.3 is 0 Å². The van der Waals surface area contributed by atoms with Crippen molar-refractivity contribution >= 4 is 5.91 Å². The van der Waals surface area contributed by atoms with Crippen molar-refractivity contribution in [2.24, 2.45) is 0 Å². The Balaban J connectivity index is 2.09. The van der Waals surface area contributed by atoms with E-state index in [1.807, 2.05) is 30.3 Å². The molecule has 0 aliphatic rings. The van der Waals surface area contributed by atoms with Crippen LogP contribution in [0.25, 0.3) is 0 Å². The molecule has 0 spiro atoms. The van der Waals surface area contributed by atoms with Crippen molar-refractivity contribution in [1.82, 2.24) is 25.9 Å². The molecule has 1 heterocycles. The molecule has 0 unspecified atom stereocenters. The van der Waals surface area contributed by atoms with E-state index in [9.17, 15) is 9.90 Å². The molecule has 7 heteroatoms. The van der Waals surface area contributed by atoms with Crippen molar-refractivity contribution in [3.8, 4) is 0 Å². The molecule has 0 bridgehead atoms. The number of benzene rings is 1. The SMILES string of the molecule is O=C(N[C@H](CO)c1ccccc1)c1nn[nH]n1. The quantitative estimate of drug-likeness (QED) is 0.670. The summed E-state index contributed by atoms with van der Waals surface area (Å²) in [5, 5.41) is 24.4. The Morgan fingerprint density at radius 1 is 1.41 bits per heavy atom. The third-order valence-electron chi connectivity index (χ3n) is 2.24. The van der Waals surface area contributed by atoms with Crippen LogP contribution in [0, 0.1) is 0 Å². The van der Waals surface area contributed by atoms with E-state index in [1.165, 1.54) is 0 Å². The molecule has 1 aromatic heterocycles. The lowest BCUT2D eigenvalue weighted by Gasteiger charge is -2.15. The molecule has 1 atom stereocenters. The van der Waals surface area contributed by atoms with Crippen molar-refractivity contribution in [2.45, 2.75) is 6.04 Å². The summed E-state index contributed by atoms with van der Waals surface area (Å²) in [4.78, 5) is 11.6. The second-order valence-corrected chi connectivity index (χ2v) is 3.35. The van der Waals surface area contributed by atoms with Crippen LogP contribution in [0.2, 0.25) is 0 Å². The van der Waals surface area contributed by atoms with Gasteiger partial charge in [-0.1, -0.05) is 30.3 Å². The number of nitrogens with one attached hydrogen (secondary N) is 2. The third-order valence-corrected chi connectivity index (χ3v) is 2.24. The fourth-order valence-electron chi connectivity index (χ4n) is 1.40. The van der Waals surface area contributed by atoms with Gasteiger partial charge in [0.05, 0.1) is 12.6 Å². The van der Waals surface area contributed by atoms with E-state index in [0.29, 0.717) is 0 Å². The summed E-state index contributed by atoms with van der Waals surface area (Å²) in [5.74, 6) is -0.541. The number of nitrogens with zero attached hydrogens (tertiary/aromatic N) is 3. The first-order chi connectivity index (χ1) is 8.31. The summed E-state index contributed by atoms with van der Waals surface area (Å²) in [6.45, 7) is -0.201. The fraction of sp³-hybridized carbons (Fsp3) is 0.200. The second kappa shape index (κ2) is 5.17. The number of hydrogen-bond acceptors (Lipinski definition) is 5. The van der Waals surface area contributed by atoms with Crippen LogP contribution >= 0.6 is 0 Å². The smallest absolute Gasteiger partial charge is 0.293 e. The maximum Gasteiger partial charge on any atom is 0.293 e. The summed E-state index contributed by atoms with van der Waals surface area (Å²) in [6, 6.07) is 8.67. The van der Waals surface area contributed by atoms with Crippen LogP contribution in [0.3, 0.4) is 0 Å². The summed E-state index contributed by atoms with van der Waals surface area (Å²) >= 11 is 0. The maximum absolute atomic E-state index is 11.6. The summed E-state index contributed by atoms with van der Waals surface area (Å²) in [5.41, 5.74) is 0.812. The number of aliphatic hydroxyl groups excluding tert-OH is 1. The van der Waals surface area contributed by atoms with Gasteiger partial charge in [-0.3, -0.25) is 4.79 Å². The Kier molecular flexibility index (Phi) is 3.41. The van der Waals surface area contributed by atoms with Crippen molar-refractivity contribution in [1.29, 1.82) is 0 Å². The number of hydrogen-bond donors (Lipinski definition) is 3. The first-order valence-electron chi connectivity index (χ1n) is 5.01. The van der Waals surface area contributed by atoms with E-state index < -0.39 is 11.9 Å². The maximum atomic E-state index is 11.6. The van der Waals surface area contributed by atoms with Crippen LogP contribution < -0.4 is 5.32 Å². The third kappa shape index (κ3) is 2.64. The van der Waals surface area contributed by atoms with Crippen molar-refractivity contribution < 1.29 is 9.90 Å². The van der Waals surface area contributed by atoms with E-state index in [0.717, 1.165) is 5.56 Å². The molecule has 2 rings (SSSR count). The zero-order valence-electron chi connectivity index (χ0n) is 8.87. The average Bonchev–Trinajstić information content (AvgIpc) is 2.90. The molecule has 0 saturated carbocycles. The lowest BCUT2D eigenvalue weighted by atomic mass is 10.1. The minimum atomic E-state index is -0.485. The van der Waals surface area contributed by atoms with Gasteiger partial charge in [-0.25, -0.2) is 0 Å². The number of aromatic amines is 1. The van der Waals surface area contributed by atoms with Crippen molar-refractivity contribution in [2.75, 3.05) is 6.61 Å². The number of carbonyl (C=O) groups excluding carboxylic acids is 1. The Bertz CT molecular complexity index is 471. The van der Waals surface area contributed by atoms with Crippen LogP contribution in [0.15, 0.2) is 30.3 Å². The normalized spacial score (nSPS) is 12.1. The van der Waals surface area contributed by atoms with E-state index in [4.69, 9.17) is 0 Å². The molecular formula is C10H11N5O2. The van der Waals surface area contributed by atoms with E-state index >= 15 is 0 Å². The molecule has 1 aromatic carbocycles. The van der Waals surface area contributed by atoms with Gasteiger partial charge in [0.25, 0.3) is 11.7 Å². The predicted molar refractivity (Wildman–Crippen MR) is 57.9 cm³/mol. The highest BCUT2D eigenvalue weighted by atomic mass is 16.3. The Morgan fingerprint density at radius 3 is 2.76 bits per heavy atom. The van der Waals surface area contributed by atoms with Gasteiger partial charge in [0.2, 0.25) is 0 Å². The van der Waals surface area contributed by atoms with Gasteiger partial charge in [0, 0.05) is 0 Å². The van der Waals surface area contributed by atoms with Crippen LogP contribution in [-0.4, -0.2) is 38.2 Å². The largest absolute Gasteiger partial charge is 0.394 e. The van der Waals surface area contributed by atoms with Crippen molar-refractivity contribution in [3.05, 3.63) is 41.7 Å². The number of tetrazole rings is 1. The minimum absolute atomic E-state index is 0.0561. The molecule has 0 aliphatic heterocycles. The number of rotatable bonds is 4. The molecule has 88 valence electrons. The number of aromatic nitrogens is 4. The Labute approximate surface area is 96.9 Å². The van der Waals surface area contributed by atoms with Gasteiger partial charge in [0.1, 0.15) is 0 Å². The Hall–Kier alpha value is -2.28. The van der Waals surface area contributed by atoms with E-state index in [-0.39, 0.29) is 12.4 Å². The highest BCUT2D eigenvalue weighted by Gasteiger charge is 2.17. The first kappa shape index (κ1) is 11.2. The molecule has 0 saturated heterocycles. The van der Waals surface area contributed by atoms with Gasteiger partial charge in [0.15, 0.2) is 0 Å². The fourth-order valence-corrected chi connectivity index (χ4v) is 1.40. The van der Waals surface area contributed by atoms with Crippen LogP contribution in [-0.2, 0) is 0 Å². The molecule has 17 heavy (non-hydrogen) atoms. The zero-order valence-corrected chi connectivity index (χ0v) is 8.87. The highest BCUT2D eigenvalue weighted by molar-refractivity contribution is 5.90. The summed E-state index contributed by atoms with van der Waals surface area (Å²) in [7, 11) is 0. The van der Waals surface area contributed by atoms with Crippen LogP contribution in [0.5, 0.6) is 0 Å². The van der Waals surface area contributed by atoms with Gasteiger partial charge < -0.3 is 10.4 Å². The lowest BCUT2D eigenvalue weighted by Crippen LogP contribution is -2.31. The van der Waals surface area contributed by atoms with Crippen molar-refractivity contribution in [3.63, 3.8) is 0 Å². The van der Waals surface area contributed by atoms with E-state index in [2.05, 4.69) is 25.9 Å². The number of H-pyrrole nitrogens is 1. The second-order valence-electron chi connectivity index (χ2n) is 3.35. The van der Waals surface area contributed by atoms with Crippen LogP contribution in [0.1, 0.15) is 22.2 Å². The summed E-state index contributed by atoms with van der Waals surface area (Å²) < 4.78 is 0. The van der Waals surface area contributed by atoms with Gasteiger partial charge in [-0.15, -0.1) is 10.2 Å². The molecule has 0 radical (unpaired) electrons. The highest BCUT2D eigenvalue weighted by Crippen LogP contribution is 2.11. The number of carbonyl (C=O) groups is 1. The predicted octanol–water partition coefficient (Wildman–Crippen LogP) is -0.337.